The number of aliphatic hydroxyl groups excluding tert-OH is 2. The predicted molar refractivity (Wildman–Crippen MR) is 141 cm³/mol. The van der Waals surface area contributed by atoms with Gasteiger partial charge in [-0.15, -0.1) is 11.3 Å². The monoisotopic (exact) mass is 557 g/mol. The first-order chi connectivity index (χ1) is 17.4. The summed E-state index contributed by atoms with van der Waals surface area (Å²) in [5, 5.41) is 24.1. The van der Waals surface area contributed by atoms with Crippen LogP contribution in [-0.4, -0.2) is 50.9 Å². The van der Waals surface area contributed by atoms with Crippen molar-refractivity contribution in [2.75, 3.05) is 0 Å². The molecule has 0 saturated carbocycles. The first kappa shape index (κ1) is 31.9. The zero-order chi connectivity index (χ0) is 29.1. The summed E-state index contributed by atoms with van der Waals surface area (Å²) in [7, 11) is 0. The number of cyclic esters (lactones) is 1. The molecule has 0 saturated heterocycles. The molecule has 0 spiro atoms. The van der Waals surface area contributed by atoms with Crippen molar-refractivity contribution in [3.05, 3.63) is 45.5 Å². The third-order valence-electron chi connectivity index (χ3n) is 7.35. The first-order valence-electron chi connectivity index (χ1n) is 12.5. The predicted octanol–water partition coefficient (Wildman–Crippen LogP) is 5.97. The third kappa shape index (κ3) is 7.86. The van der Waals surface area contributed by atoms with E-state index in [1.54, 1.807) is 25.3 Å². The van der Waals surface area contributed by atoms with Gasteiger partial charge in [0.2, 0.25) is 0 Å². The number of ether oxygens (including phenoxy) is 1. The number of carbonyl (C=O) groups is 2. The lowest BCUT2D eigenvalue weighted by atomic mass is 9.73. The molecule has 2 heterocycles. The highest BCUT2D eigenvalue weighted by Crippen LogP contribution is 2.36. The molecule has 0 radical (unpaired) electrons. The van der Waals surface area contributed by atoms with Crippen LogP contribution in [-0.2, 0) is 14.3 Å². The minimum Gasteiger partial charge on any atom is -0.454 e. The lowest BCUT2D eigenvalue weighted by Gasteiger charge is -2.35. The molecule has 0 fully saturated rings. The van der Waals surface area contributed by atoms with Crippen LogP contribution in [0.5, 0.6) is 0 Å². The number of halogens is 3. The quantitative estimate of drug-likeness (QED) is 0.343. The molecule has 0 aromatic carbocycles. The number of rotatable bonds is 2. The fraction of sp³-hybridized carbons (Fsp3) is 0.607. The van der Waals surface area contributed by atoms with Gasteiger partial charge in [0.1, 0.15) is 11.4 Å². The van der Waals surface area contributed by atoms with Gasteiger partial charge >= 0.3 is 12.1 Å². The molecule has 1 aliphatic rings. The molecule has 5 atom stereocenters. The highest BCUT2D eigenvalue weighted by atomic mass is 32.1. The first-order valence-corrected chi connectivity index (χ1v) is 13.4. The van der Waals surface area contributed by atoms with Crippen LogP contribution in [0, 0.1) is 24.2 Å². The van der Waals surface area contributed by atoms with Crippen LogP contribution in [0.2, 0.25) is 0 Å². The molecular formula is C28H38F3NO5S. The molecule has 0 aliphatic carbocycles. The van der Waals surface area contributed by atoms with E-state index in [0.29, 0.717) is 11.3 Å². The van der Waals surface area contributed by atoms with Gasteiger partial charge in [-0.05, 0) is 38.8 Å². The van der Waals surface area contributed by atoms with Crippen molar-refractivity contribution >= 4 is 29.2 Å². The van der Waals surface area contributed by atoms with Crippen molar-refractivity contribution in [3.8, 4) is 0 Å². The normalized spacial score (nSPS) is 32.8. The molecule has 212 valence electrons. The van der Waals surface area contributed by atoms with Gasteiger partial charge in [-0.1, -0.05) is 45.9 Å². The summed E-state index contributed by atoms with van der Waals surface area (Å²) in [6.07, 6.45) is -3.09. The minimum absolute atomic E-state index is 0.277. The summed E-state index contributed by atoms with van der Waals surface area (Å²) in [6, 6.07) is 0. The Morgan fingerprint density at radius 1 is 1.21 bits per heavy atom. The van der Waals surface area contributed by atoms with Gasteiger partial charge in [-0.3, -0.25) is 9.59 Å². The van der Waals surface area contributed by atoms with Crippen molar-refractivity contribution in [2.24, 2.45) is 17.3 Å². The highest BCUT2D eigenvalue weighted by molar-refractivity contribution is 7.09. The Kier molecular flexibility index (Phi) is 10.3. The number of hydrogen-bond donors (Lipinski definition) is 2. The third-order valence-corrected chi connectivity index (χ3v) is 8.14. The number of nitrogens with zero attached hydrogens (tertiary/aromatic N) is 1. The van der Waals surface area contributed by atoms with Crippen LogP contribution in [0.3, 0.4) is 0 Å². The van der Waals surface area contributed by atoms with Crippen LogP contribution in [0.4, 0.5) is 13.2 Å². The summed E-state index contributed by atoms with van der Waals surface area (Å²) in [5.41, 5.74) is -2.63. The second-order valence-electron chi connectivity index (χ2n) is 10.8. The minimum atomic E-state index is -4.63. The molecule has 0 amide bonds. The number of hydrogen-bond acceptors (Lipinski definition) is 7. The van der Waals surface area contributed by atoms with Gasteiger partial charge < -0.3 is 14.9 Å². The molecule has 10 heteroatoms. The Labute approximate surface area is 226 Å². The van der Waals surface area contributed by atoms with Gasteiger partial charge in [-0.2, -0.15) is 13.2 Å². The Hall–Kier alpha value is -2.30. The summed E-state index contributed by atoms with van der Waals surface area (Å²) in [6.45, 7) is 11.1. The summed E-state index contributed by atoms with van der Waals surface area (Å²) in [5.74, 6) is -2.88. The van der Waals surface area contributed by atoms with Gasteiger partial charge in [0.15, 0.2) is 0 Å². The summed E-state index contributed by atoms with van der Waals surface area (Å²) in [4.78, 5) is 30.5. The van der Waals surface area contributed by atoms with Crippen LogP contribution in [0.1, 0.15) is 71.5 Å². The SMILES string of the molecule is C/C(=C\c1csc(C)n1)C1(C)C/C=C(/C(F)(F)F)C/C=C/C(C)C(O)C(C)C(=O)C(C)(C)[C@@H](O)CC(=O)O1. The van der Waals surface area contributed by atoms with Crippen molar-refractivity contribution in [3.63, 3.8) is 0 Å². The largest absolute Gasteiger partial charge is 0.454 e. The second-order valence-corrected chi connectivity index (χ2v) is 11.9. The van der Waals surface area contributed by atoms with Crippen LogP contribution >= 0.6 is 11.3 Å². The molecule has 1 aromatic rings. The average molecular weight is 558 g/mol. The van der Waals surface area contributed by atoms with E-state index in [1.165, 1.54) is 51.2 Å². The number of ketones is 1. The Bertz CT molecular complexity index is 1100. The molecule has 1 aromatic heterocycles. The number of alkyl halides is 3. The molecule has 38 heavy (non-hydrogen) atoms. The van der Waals surface area contributed by atoms with Crippen LogP contribution in [0.25, 0.3) is 6.08 Å². The Balaban J connectivity index is 2.58. The summed E-state index contributed by atoms with van der Waals surface area (Å²) >= 11 is 1.41. The smallest absolute Gasteiger partial charge is 0.412 e. The molecule has 4 unspecified atom stereocenters. The maximum absolute atomic E-state index is 13.9. The van der Waals surface area contributed by atoms with Crippen LogP contribution < -0.4 is 0 Å². The van der Waals surface area contributed by atoms with Crippen LogP contribution in [0.15, 0.2) is 34.8 Å². The Morgan fingerprint density at radius 3 is 2.39 bits per heavy atom. The van der Waals surface area contributed by atoms with E-state index >= 15 is 0 Å². The number of Topliss-reactive ketones (excluding diaryl/α,β-unsaturated/α-hetero) is 1. The number of allylic oxidation sites excluding steroid dienone is 2. The molecular weight excluding hydrogens is 519 g/mol. The van der Waals surface area contributed by atoms with E-state index in [4.69, 9.17) is 4.74 Å². The number of carbonyl (C=O) groups excluding carboxylic acids is 2. The number of aryl methyl sites for hydroxylation is 1. The highest BCUT2D eigenvalue weighted by Gasteiger charge is 2.43. The average Bonchev–Trinajstić information content (AvgIpc) is 3.22. The van der Waals surface area contributed by atoms with E-state index < -0.39 is 71.4 Å². The zero-order valence-corrected chi connectivity index (χ0v) is 23.7. The van der Waals surface area contributed by atoms with Crippen molar-refractivity contribution in [2.45, 2.75) is 91.7 Å². The maximum atomic E-state index is 13.9. The fourth-order valence-corrected chi connectivity index (χ4v) is 4.90. The van der Waals surface area contributed by atoms with E-state index in [1.807, 2.05) is 6.92 Å². The maximum Gasteiger partial charge on any atom is 0.412 e. The van der Waals surface area contributed by atoms with E-state index in [0.717, 1.165) is 11.1 Å². The lowest BCUT2D eigenvalue weighted by molar-refractivity contribution is -0.160. The zero-order valence-electron chi connectivity index (χ0n) is 22.9. The van der Waals surface area contributed by atoms with Gasteiger partial charge in [0, 0.05) is 29.2 Å². The van der Waals surface area contributed by atoms with Gasteiger partial charge in [0.25, 0.3) is 0 Å². The molecule has 1 aliphatic heterocycles. The van der Waals surface area contributed by atoms with Crippen molar-refractivity contribution in [1.82, 2.24) is 4.98 Å². The van der Waals surface area contributed by atoms with E-state index in [-0.39, 0.29) is 6.42 Å². The molecule has 6 nitrogen and oxygen atoms in total. The number of thiazole rings is 1. The fourth-order valence-electron chi connectivity index (χ4n) is 4.33. The number of aromatic nitrogens is 1. The van der Waals surface area contributed by atoms with Gasteiger partial charge in [-0.25, -0.2) is 4.98 Å². The van der Waals surface area contributed by atoms with Crippen molar-refractivity contribution < 1.29 is 37.7 Å². The van der Waals surface area contributed by atoms with E-state index in [2.05, 4.69) is 4.98 Å². The lowest BCUT2D eigenvalue weighted by Crippen LogP contribution is -2.46. The molecule has 0 bridgehead atoms. The van der Waals surface area contributed by atoms with E-state index in [9.17, 15) is 33.0 Å². The molecule has 2 N–H and O–H groups in total. The summed E-state index contributed by atoms with van der Waals surface area (Å²) < 4.78 is 47.4. The van der Waals surface area contributed by atoms with Crippen molar-refractivity contribution in [1.29, 1.82) is 0 Å². The number of esters is 1. The number of aliphatic hydroxyl groups is 2. The topological polar surface area (TPSA) is 96.7 Å². The standard InChI is InChI=1S/C28H38F3NO5S/c1-16-9-8-10-20(28(29,30)31)11-12-27(7,17(2)13-21-15-38-19(4)32-21)37-23(34)14-22(33)26(5,6)25(36)18(3)24(16)35/h8-9,11,13,15-16,18,22,24,33,35H,10,12,14H2,1-7H3/b9-8+,17-13+,20-11+/t16?,18?,22-,24?,27?/m0/s1. The second kappa shape index (κ2) is 12.3. The van der Waals surface area contributed by atoms with Gasteiger partial charge in [0.05, 0.1) is 34.7 Å². The molecule has 2 rings (SSSR count). The Morgan fingerprint density at radius 2 is 1.84 bits per heavy atom.